The number of benzene rings is 1. The van der Waals surface area contributed by atoms with Gasteiger partial charge in [0.05, 0.1) is 11.6 Å². The smallest absolute Gasteiger partial charge is 0.341 e. The molecule has 0 saturated carbocycles. The summed E-state index contributed by atoms with van der Waals surface area (Å²) in [6.07, 6.45) is 0.835. The maximum atomic E-state index is 15.1. The molecule has 2 atom stereocenters. The van der Waals surface area contributed by atoms with Crippen molar-refractivity contribution in [3.63, 3.8) is 0 Å². The Bertz CT molecular complexity index is 1020. The van der Waals surface area contributed by atoms with Gasteiger partial charge in [0.1, 0.15) is 17.9 Å². The van der Waals surface area contributed by atoms with E-state index in [-0.39, 0.29) is 23.6 Å². The summed E-state index contributed by atoms with van der Waals surface area (Å²) in [7, 11) is 0. The van der Waals surface area contributed by atoms with E-state index in [9.17, 15) is 14.7 Å². The second kappa shape index (κ2) is 5.95. The van der Waals surface area contributed by atoms with Gasteiger partial charge in [-0.3, -0.25) is 9.36 Å². The van der Waals surface area contributed by atoms with Crippen LogP contribution in [0.3, 0.4) is 0 Å². The first-order valence-electron chi connectivity index (χ1n) is 8.98. The highest BCUT2D eigenvalue weighted by molar-refractivity contribution is 5.97. The number of rotatable bonds is 3. The fourth-order valence-corrected chi connectivity index (χ4v) is 4.10. The van der Waals surface area contributed by atoms with Crippen LogP contribution in [0.25, 0.3) is 10.9 Å². The summed E-state index contributed by atoms with van der Waals surface area (Å²) in [6.45, 7) is 5.74. The summed E-state index contributed by atoms with van der Waals surface area (Å²) < 4.78 is 22.4. The molecule has 0 spiro atoms. The zero-order valence-electron chi connectivity index (χ0n) is 15.3. The van der Waals surface area contributed by atoms with Crippen LogP contribution in [0.1, 0.15) is 36.7 Å². The van der Waals surface area contributed by atoms with Crippen LogP contribution in [0.2, 0.25) is 0 Å². The lowest BCUT2D eigenvalue weighted by molar-refractivity contribution is 0.0694. The van der Waals surface area contributed by atoms with Crippen molar-refractivity contribution in [1.82, 2.24) is 4.57 Å². The number of carboxylic acid groups (broad SMARTS) is 1. The van der Waals surface area contributed by atoms with Crippen molar-refractivity contribution >= 4 is 22.6 Å². The van der Waals surface area contributed by atoms with Crippen molar-refractivity contribution in [2.45, 2.75) is 26.3 Å². The van der Waals surface area contributed by atoms with Crippen LogP contribution >= 0.6 is 0 Å². The Labute approximate surface area is 155 Å². The minimum atomic E-state index is -1.33. The number of hydrogen-bond donors (Lipinski definition) is 2. The predicted molar refractivity (Wildman–Crippen MR) is 99.3 cm³/mol. The molecule has 2 aliphatic heterocycles. The van der Waals surface area contributed by atoms with Crippen LogP contribution in [0.15, 0.2) is 16.9 Å². The van der Waals surface area contributed by atoms with E-state index in [2.05, 4.69) is 6.92 Å². The first-order chi connectivity index (χ1) is 12.8. The lowest BCUT2D eigenvalue weighted by Crippen LogP contribution is -2.35. The number of hydrogen-bond acceptors (Lipinski definition) is 5. The molecule has 0 bridgehead atoms. The Morgan fingerprint density at radius 2 is 2.22 bits per heavy atom. The van der Waals surface area contributed by atoms with Crippen molar-refractivity contribution in [1.29, 1.82) is 0 Å². The van der Waals surface area contributed by atoms with E-state index in [1.54, 1.807) is 6.92 Å². The number of pyridine rings is 1. The minimum Gasteiger partial charge on any atom is -0.487 e. The number of anilines is 1. The molecule has 3 N–H and O–H groups in total. The van der Waals surface area contributed by atoms with Crippen LogP contribution in [-0.4, -0.2) is 41.9 Å². The van der Waals surface area contributed by atoms with E-state index in [1.165, 1.54) is 16.7 Å². The number of aromatic carboxylic acids is 1. The van der Waals surface area contributed by atoms with Gasteiger partial charge in [-0.05, 0) is 37.4 Å². The van der Waals surface area contributed by atoms with Gasteiger partial charge in [-0.2, -0.15) is 0 Å². The summed E-state index contributed by atoms with van der Waals surface area (Å²) in [4.78, 5) is 26.1. The lowest BCUT2D eigenvalue weighted by atomic mass is 9.90. The number of halogens is 1. The quantitative estimate of drug-likeness (QED) is 0.851. The molecule has 1 fully saturated rings. The molecule has 144 valence electrons. The van der Waals surface area contributed by atoms with Gasteiger partial charge in [0.25, 0.3) is 5.56 Å². The van der Waals surface area contributed by atoms with Gasteiger partial charge in [-0.15, -0.1) is 0 Å². The first kappa shape index (κ1) is 17.8. The van der Waals surface area contributed by atoms with Gasteiger partial charge < -0.3 is 20.5 Å². The Kier molecular flexibility index (Phi) is 3.92. The van der Waals surface area contributed by atoms with Crippen LogP contribution < -0.4 is 20.9 Å². The Hall–Kier alpha value is -2.61. The van der Waals surface area contributed by atoms with E-state index < -0.39 is 17.3 Å². The van der Waals surface area contributed by atoms with Crippen LogP contribution in [0.5, 0.6) is 5.75 Å². The van der Waals surface area contributed by atoms with Crippen molar-refractivity contribution in [3.05, 3.63) is 33.9 Å². The SMILES string of the molecule is C[C@H]1COc2c(N3CCC(C)(CN)C3)c(F)cc3cc(C(=O)O)c(=O)n1c23. The molecule has 0 radical (unpaired) electrons. The standard InChI is InChI=1S/C19H22FN3O4/c1-10-7-27-16-14-11(5-12(18(25)26)17(24)23(10)14)6-13(20)15(16)22-4-3-19(2,8-21)9-22/h5-6,10H,3-4,7-9,21H2,1-2H3,(H,25,26)/t10-,19?/m0/s1. The Balaban J connectivity index is 2.00. The average molecular weight is 375 g/mol. The highest BCUT2D eigenvalue weighted by Crippen LogP contribution is 2.44. The first-order valence-corrected chi connectivity index (χ1v) is 8.98. The maximum absolute atomic E-state index is 15.1. The molecular formula is C19H22FN3O4. The van der Waals surface area contributed by atoms with Gasteiger partial charge in [-0.25, -0.2) is 9.18 Å². The second-order valence-corrected chi connectivity index (χ2v) is 7.86. The normalized spacial score (nSPS) is 24.3. The van der Waals surface area contributed by atoms with Gasteiger partial charge >= 0.3 is 5.97 Å². The molecule has 4 rings (SSSR count). The third kappa shape index (κ3) is 2.58. The van der Waals surface area contributed by atoms with Gasteiger partial charge in [0.15, 0.2) is 11.6 Å². The van der Waals surface area contributed by atoms with Gasteiger partial charge in [-0.1, -0.05) is 6.92 Å². The Morgan fingerprint density at radius 3 is 2.85 bits per heavy atom. The van der Waals surface area contributed by atoms with Crippen LogP contribution in [-0.2, 0) is 0 Å². The predicted octanol–water partition coefficient (Wildman–Crippen LogP) is 1.97. The largest absolute Gasteiger partial charge is 0.487 e. The molecule has 8 heteroatoms. The van der Waals surface area contributed by atoms with Gasteiger partial charge in [0.2, 0.25) is 0 Å². The molecule has 1 aromatic heterocycles. The number of aromatic nitrogens is 1. The molecule has 1 unspecified atom stereocenters. The summed E-state index contributed by atoms with van der Waals surface area (Å²) >= 11 is 0. The molecular weight excluding hydrogens is 353 g/mol. The zero-order chi connectivity index (χ0) is 19.5. The van der Waals surface area contributed by atoms with E-state index in [0.717, 1.165) is 6.42 Å². The van der Waals surface area contributed by atoms with Crippen LogP contribution in [0, 0.1) is 11.2 Å². The van der Waals surface area contributed by atoms with E-state index in [0.29, 0.717) is 42.0 Å². The van der Waals surface area contributed by atoms with Crippen molar-refractivity contribution in [3.8, 4) is 5.75 Å². The molecule has 27 heavy (non-hydrogen) atoms. The average Bonchev–Trinajstić information content (AvgIpc) is 3.01. The van der Waals surface area contributed by atoms with Crippen molar-refractivity contribution in [2.24, 2.45) is 11.1 Å². The highest BCUT2D eigenvalue weighted by atomic mass is 19.1. The number of nitrogens with two attached hydrogens (primary N) is 1. The Morgan fingerprint density at radius 1 is 1.48 bits per heavy atom. The fourth-order valence-electron chi connectivity index (χ4n) is 4.10. The zero-order valence-corrected chi connectivity index (χ0v) is 15.3. The summed E-state index contributed by atoms with van der Waals surface area (Å²) in [6, 6.07) is 2.16. The van der Waals surface area contributed by atoms with Crippen molar-refractivity contribution in [2.75, 3.05) is 31.1 Å². The third-order valence-corrected chi connectivity index (χ3v) is 5.71. The molecule has 3 heterocycles. The molecule has 0 amide bonds. The number of ether oxygens (including phenoxy) is 1. The lowest BCUT2D eigenvalue weighted by Gasteiger charge is -2.31. The van der Waals surface area contributed by atoms with E-state index >= 15 is 4.39 Å². The monoisotopic (exact) mass is 375 g/mol. The van der Waals surface area contributed by atoms with E-state index in [4.69, 9.17) is 10.5 Å². The molecule has 1 aromatic carbocycles. The molecule has 0 aliphatic carbocycles. The summed E-state index contributed by atoms with van der Waals surface area (Å²) in [5, 5.41) is 9.68. The van der Waals surface area contributed by atoms with Crippen molar-refractivity contribution < 1.29 is 19.0 Å². The minimum absolute atomic E-state index is 0.108. The second-order valence-electron chi connectivity index (χ2n) is 7.86. The number of nitrogens with zero attached hydrogens (tertiary/aromatic N) is 2. The summed E-state index contributed by atoms with van der Waals surface area (Å²) in [5.74, 6) is -1.51. The maximum Gasteiger partial charge on any atom is 0.341 e. The fraction of sp³-hybridized carbons (Fsp3) is 0.474. The third-order valence-electron chi connectivity index (χ3n) is 5.71. The number of carboxylic acids is 1. The molecule has 2 aromatic rings. The molecule has 7 nitrogen and oxygen atoms in total. The topological polar surface area (TPSA) is 97.8 Å². The molecule has 1 saturated heterocycles. The number of carbonyl (C=O) groups is 1. The van der Waals surface area contributed by atoms with Gasteiger partial charge in [0, 0.05) is 18.5 Å². The van der Waals surface area contributed by atoms with E-state index in [1.807, 2.05) is 4.90 Å². The highest BCUT2D eigenvalue weighted by Gasteiger charge is 2.37. The summed E-state index contributed by atoms with van der Waals surface area (Å²) in [5.41, 5.74) is 5.56. The molecule has 2 aliphatic rings. The van der Waals surface area contributed by atoms with Crippen LogP contribution in [0.4, 0.5) is 10.1 Å².